The molecule has 0 aliphatic heterocycles. The van der Waals surface area contributed by atoms with Crippen LogP contribution in [0.25, 0.3) is 0 Å². The zero-order valence-corrected chi connectivity index (χ0v) is 8.22. The van der Waals surface area contributed by atoms with Crippen molar-refractivity contribution in [3.63, 3.8) is 0 Å². The monoisotopic (exact) mass is 196 g/mol. The lowest BCUT2D eigenvalue weighted by Gasteiger charge is -2.10. The van der Waals surface area contributed by atoms with Crippen LogP contribution in [-0.4, -0.2) is 24.1 Å². The molecule has 0 spiro atoms. The van der Waals surface area contributed by atoms with Gasteiger partial charge in [0.1, 0.15) is 0 Å². The van der Waals surface area contributed by atoms with Gasteiger partial charge in [0.25, 0.3) is 0 Å². The van der Waals surface area contributed by atoms with Gasteiger partial charge in [-0.05, 0) is 6.42 Å². The molecule has 1 atom stereocenters. The van der Waals surface area contributed by atoms with Gasteiger partial charge in [-0.25, -0.2) is 4.62 Å². The molecule has 0 aliphatic carbocycles. The molecule has 4 N–H and O–H groups in total. The minimum atomic E-state index is -3.41. The first kappa shape index (κ1) is 12.1. The molecule has 0 amide bonds. The summed E-state index contributed by atoms with van der Waals surface area (Å²) in [5, 5.41) is 0. The second-order valence-corrected chi connectivity index (χ2v) is 4.39. The van der Waals surface area contributed by atoms with Crippen molar-refractivity contribution >= 4 is 7.60 Å². The molecular formula is C6H17N2O3P. The van der Waals surface area contributed by atoms with Gasteiger partial charge in [-0.15, -0.1) is 0 Å². The summed E-state index contributed by atoms with van der Waals surface area (Å²) in [6.45, 7) is 2.72. The van der Waals surface area contributed by atoms with Gasteiger partial charge in [0.05, 0.1) is 6.16 Å². The van der Waals surface area contributed by atoms with Crippen molar-refractivity contribution in [2.24, 2.45) is 5.73 Å². The summed E-state index contributed by atoms with van der Waals surface area (Å²) in [6, 6.07) is 0. The Morgan fingerprint density at radius 2 is 2.33 bits per heavy atom. The minimum absolute atomic E-state index is 0.196. The van der Waals surface area contributed by atoms with E-state index in [2.05, 4.69) is 10.1 Å². The maximum atomic E-state index is 11.1. The van der Waals surface area contributed by atoms with E-state index in [4.69, 9.17) is 10.6 Å². The normalized spacial score (nSPS) is 15.9. The maximum Gasteiger partial charge on any atom is 0.344 e. The summed E-state index contributed by atoms with van der Waals surface area (Å²) >= 11 is 0. The van der Waals surface area contributed by atoms with E-state index in [0.29, 0.717) is 19.5 Å². The van der Waals surface area contributed by atoms with Gasteiger partial charge in [0.15, 0.2) is 0 Å². The largest absolute Gasteiger partial charge is 0.344 e. The van der Waals surface area contributed by atoms with Crippen LogP contribution in [0.4, 0.5) is 0 Å². The second kappa shape index (κ2) is 6.57. The summed E-state index contributed by atoms with van der Waals surface area (Å²) in [7, 11) is -3.41. The molecule has 0 radical (unpaired) electrons. The van der Waals surface area contributed by atoms with Crippen LogP contribution in [0.3, 0.4) is 0 Å². The molecule has 0 aromatic rings. The van der Waals surface area contributed by atoms with E-state index in [0.717, 1.165) is 6.42 Å². The molecule has 12 heavy (non-hydrogen) atoms. The number of nitrogens with two attached hydrogens (primary N) is 1. The van der Waals surface area contributed by atoms with Crippen LogP contribution in [0.1, 0.15) is 19.8 Å². The fourth-order valence-corrected chi connectivity index (χ4v) is 1.71. The van der Waals surface area contributed by atoms with Crippen molar-refractivity contribution in [2.75, 3.05) is 19.3 Å². The van der Waals surface area contributed by atoms with Gasteiger partial charge in [-0.3, -0.25) is 4.57 Å². The van der Waals surface area contributed by atoms with Crippen molar-refractivity contribution in [1.82, 2.24) is 5.48 Å². The SMILES string of the molecule is CCCCP(=O)(O)ONCCN. The third-order valence-electron chi connectivity index (χ3n) is 1.25. The van der Waals surface area contributed by atoms with Crippen LogP contribution in [0, 0.1) is 0 Å². The standard InChI is InChI=1S/C6H17N2O3P/c1-2-3-6-12(9,10)11-8-5-4-7/h8H,2-7H2,1H3,(H,9,10). The molecular weight excluding hydrogens is 179 g/mol. The Kier molecular flexibility index (Phi) is 6.61. The zero-order valence-electron chi connectivity index (χ0n) is 7.32. The highest BCUT2D eigenvalue weighted by molar-refractivity contribution is 7.52. The maximum absolute atomic E-state index is 11.1. The third kappa shape index (κ3) is 6.76. The highest BCUT2D eigenvalue weighted by atomic mass is 31.2. The van der Waals surface area contributed by atoms with Crippen molar-refractivity contribution in [3.8, 4) is 0 Å². The van der Waals surface area contributed by atoms with Crippen LogP contribution in [0.2, 0.25) is 0 Å². The fraction of sp³-hybridized carbons (Fsp3) is 1.00. The summed E-state index contributed by atoms with van der Waals surface area (Å²) in [5.74, 6) is 0. The Morgan fingerprint density at radius 1 is 1.67 bits per heavy atom. The highest BCUT2D eigenvalue weighted by Crippen LogP contribution is 2.41. The number of hydrogen-bond donors (Lipinski definition) is 3. The lowest BCUT2D eigenvalue weighted by Crippen LogP contribution is -2.22. The molecule has 0 bridgehead atoms. The van der Waals surface area contributed by atoms with E-state index in [1.165, 1.54) is 0 Å². The smallest absolute Gasteiger partial charge is 0.329 e. The summed E-state index contributed by atoms with van der Waals surface area (Å²) in [4.78, 5) is 9.10. The van der Waals surface area contributed by atoms with Crippen LogP contribution in [0.15, 0.2) is 0 Å². The van der Waals surface area contributed by atoms with Gasteiger partial charge in [-0.1, -0.05) is 13.3 Å². The average molecular weight is 196 g/mol. The topological polar surface area (TPSA) is 84.6 Å². The van der Waals surface area contributed by atoms with E-state index in [9.17, 15) is 4.57 Å². The predicted molar refractivity (Wildman–Crippen MR) is 47.7 cm³/mol. The number of hydrogen-bond acceptors (Lipinski definition) is 4. The number of hydroxylamine groups is 1. The zero-order chi connectivity index (χ0) is 9.45. The Labute approximate surface area is 72.8 Å². The Hall–Kier alpha value is 0.0700. The lowest BCUT2D eigenvalue weighted by atomic mass is 10.4. The van der Waals surface area contributed by atoms with Crippen LogP contribution in [0.5, 0.6) is 0 Å². The summed E-state index contributed by atoms with van der Waals surface area (Å²) < 4.78 is 15.6. The molecule has 0 rings (SSSR count). The molecule has 74 valence electrons. The molecule has 0 saturated carbocycles. The van der Waals surface area contributed by atoms with E-state index < -0.39 is 7.60 Å². The van der Waals surface area contributed by atoms with Gasteiger partial charge in [-0.2, -0.15) is 5.48 Å². The molecule has 0 saturated heterocycles. The van der Waals surface area contributed by atoms with Crippen LogP contribution < -0.4 is 11.2 Å². The summed E-state index contributed by atoms with van der Waals surface area (Å²) in [5.41, 5.74) is 7.49. The van der Waals surface area contributed by atoms with E-state index >= 15 is 0 Å². The van der Waals surface area contributed by atoms with Crippen molar-refractivity contribution in [2.45, 2.75) is 19.8 Å². The first-order valence-electron chi connectivity index (χ1n) is 4.05. The van der Waals surface area contributed by atoms with Crippen molar-refractivity contribution in [1.29, 1.82) is 0 Å². The van der Waals surface area contributed by atoms with Crippen LogP contribution >= 0.6 is 7.60 Å². The van der Waals surface area contributed by atoms with Crippen molar-refractivity contribution in [3.05, 3.63) is 0 Å². The van der Waals surface area contributed by atoms with Gasteiger partial charge in [0, 0.05) is 13.1 Å². The van der Waals surface area contributed by atoms with Crippen molar-refractivity contribution < 1.29 is 14.1 Å². The Balaban J connectivity index is 3.49. The Morgan fingerprint density at radius 3 is 2.83 bits per heavy atom. The first-order valence-corrected chi connectivity index (χ1v) is 5.82. The lowest BCUT2D eigenvalue weighted by molar-refractivity contribution is 0.169. The van der Waals surface area contributed by atoms with Crippen LogP contribution in [-0.2, 0) is 9.19 Å². The molecule has 0 aromatic heterocycles. The van der Waals surface area contributed by atoms with E-state index in [1.807, 2.05) is 6.92 Å². The molecule has 0 aromatic carbocycles. The molecule has 6 heteroatoms. The third-order valence-corrected chi connectivity index (χ3v) is 2.54. The minimum Gasteiger partial charge on any atom is -0.329 e. The molecule has 0 fully saturated rings. The summed E-state index contributed by atoms with van der Waals surface area (Å²) in [6.07, 6.45) is 1.77. The number of unbranched alkanes of at least 4 members (excludes halogenated alkanes) is 1. The highest BCUT2D eigenvalue weighted by Gasteiger charge is 2.17. The number of nitrogens with one attached hydrogen (secondary N) is 1. The molecule has 5 nitrogen and oxygen atoms in total. The Bertz CT molecular complexity index is 154. The van der Waals surface area contributed by atoms with E-state index in [1.54, 1.807) is 0 Å². The van der Waals surface area contributed by atoms with E-state index in [-0.39, 0.29) is 6.16 Å². The quantitative estimate of drug-likeness (QED) is 0.313. The fourth-order valence-electron chi connectivity index (χ4n) is 0.609. The predicted octanol–water partition coefficient (Wildman–Crippen LogP) is 0.452. The molecule has 0 aliphatic rings. The van der Waals surface area contributed by atoms with Gasteiger partial charge in [0.2, 0.25) is 0 Å². The second-order valence-electron chi connectivity index (χ2n) is 2.49. The number of rotatable bonds is 7. The molecule has 0 heterocycles. The van der Waals surface area contributed by atoms with Gasteiger partial charge >= 0.3 is 7.60 Å². The first-order chi connectivity index (χ1) is 5.62. The average Bonchev–Trinajstić information content (AvgIpc) is 2.01. The molecule has 1 unspecified atom stereocenters. The van der Waals surface area contributed by atoms with Gasteiger partial charge < -0.3 is 10.6 Å².